The lowest BCUT2D eigenvalue weighted by atomic mass is 9.98. The Morgan fingerprint density at radius 2 is 1.72 bits per heavy atom. The number of nitrogens with zero attached hydrogens (tertiary/aromatic N) is 4. The van der Waals surface area contributed by atoms with Crippen molar-refractivity contribution in [3.05, 3.63) is 113 Å². The molecule has 0 aliphatic carbocycles. The van der Waals surface area contributed by atoms with E-state index in [1.807, 2.05) is 66.3 Å². The zero-order chi connectivity index (χ0) is 24.9. The molecule has 0 radical (unpaired) electrons. The number of hydrogen-bond donors (Lipinski definition) is 2. The number of H-pyrrole nitrogens is 1. The van der Waals surface area contributed by atoms with Gasteiger partial charge < -0.3 is 5.32 Å². The van der Waals surface area contributed by atoms with Crippen molar-refractivity contribution >= 4 is 18.1 Å². The van der Waals surface area contributed by atoms with E-state index in [-0.39, 0.29) is 12.5 Å². The lowest BCUT2D eigenvalue weighted by Crippen LogP contribution is -2.27. The SMILES string of the molecule is Cc1ccc(-c2n[nH]c(=S)n2CC(=O)NCc2ccccc2-c2ccc(Cn3cccn3)cc2)cc1. The third-order valence-electron chi connectivity index (χ3n) is 6.03. The molecule has 0 atom stereocenters. The first-order chi connectivity index (χ1) is 17.6. The molecule has 2 heterocycles. The van der Waals surface area contributed by atoms with Crippen molar-refractivity contribution in [3.63, 3.8) is 0 Å². The highest BCUT2D eigenvalue weighted by Gasteiger charge is 2.13. The van der Waals surface area contributed by atoms with Gasteiger partial charge in [0.05, 0.1) is 6.54 Å². The fraction of sp³-hybridized carbons (Fsp3) is 0.143. The minimum atomic E-state index is -0.134. The number of carbonyl (C=O) groups excluding carboxylic acids is 1. The van der Waals surface area contributed by atoms with E-state index < -0.39 is 0 Å². The summed E-state index contributed by atoms with van der Waals surface area (Å²) >= 11 is 5.39. The topological polar surface area (TPSA) is 80.5 Å². The van der Waals surface area contributed by atoms with E-state index in [2.05, 4.69) is 50.9 Å². The van der Waals surface area contributed by atoms with Crippen LogP contribution in [0.3, 0.4) is 0 Å². The summed E-state index contributed by atoms with van der Waals surface area (Å²) < 4.78 is 4.03. The smallest absolute Gasteiger partial charge is 0.240 e. The van der Waals surface area contributed by atoms with Crippen molar-refractivity contribution in [2.24, 2.45) is 0 Å². The molecule has 0 aliphatic heterocycles. The molecule has 0 aliphatic rings. The molecule has 5 aromatic rings. The zero-order valence-corrected chi connectivity index (χ0v) is 20.7. The Bertz CT molecular complexity index is 1520. The number of aromatic nitrogens is 5. The van der Waals surface area contributed by atoms with E-state index in [1.165, 1.54) is 5.56 Å². The van der Waals surface area contributed by atoms with Crippen LogP contribution in [0.1, 0.15) is 16.7 Å². The van der Waals surface area contributed by atoms with E-state index in [9.17, 15) is 4.79 Å². The van der Waals surface area contributed by atoms with Crippen LogP contribution in [0.5, 0.6) is 0 Å². The highest BCUT2D eigenvalue weighted by Crippen LogP contribution is 2.24. The lowest BCUT2D eigenvalue weighted by Gasteiger charge is -2.13. The largest absolute Gasteiger partial charge is 0.350 e. The third kappa shape index (κ3) is 5.34. The molecule has 0 saturated carbocycles. The number of hydrogen-bond acceptors (Lipinski definition) is 4. The highest BCUT2D eigenvalue weighted by atomic mass is 32.1. The predicted molar refractivity (Wildman–Crippen MR) is 143 cm³/mol. The molecule has 0 saturated heterocycles. The van der Waals surface area contributed by atoms with E-state index >= 15 is 0 Å². The lowest BCUT2D eigenvalue weighted by molar-refractivity contribution is -0.121. The summed E-state index contributed by atoms with van der Waals surface area (Å²) in [5.74, 6) is 0.510. The van der Waals surface area contributed by atoms with Crippen molar-refractivity contribution in [2.45, 2.75) is 26.6 Å². The molecule has 1 amide bonds. The average Bonchev–Trinajstić information content (AvgIpc) is 3.54. The Balaban J connectivity index is 1.27. The van der Waals surface area contributed by atoms with Gasteiger partial charge in [-0.25, -0.2) is 0 Å². The maximum absolute atomic E-state index is 12.9. The van der Waals surface area contributed by atoms with Crippen LogP contribution in [0.15, 0.2) is 91.3 Å². The van der Waals surface area contributed by atoms with Crippen LogP contribution in [0, 0.1) is 11.7 Å². The minimum absolute atomic E-state index is 0.0861. The number of carbonyl (C=O) groups is 1. The first-order valence-electron chi connectivity index (χ1n) is 11.7. The average molecular weight is 495 g/mol. The summed E-state index contributed by atoms with van der Waals surface area (Å²) in [5.41, 5.74) is 6.46. The number of nitrogens with one attached hydrogen (secondary N) is 2. The van der Waals surface area contributed by atoms with Crippen LogP contribution in [0.4, 0.5) is 0 Å². The van der Waals surface area contributed by atoms with Crippen LogP contribution in [0.2, 0.25) is 0 Å². The van der Waals surface area contributed by atoms with Crippen molar-refractivity contribution in [3.8, 4) is 22.5 Å². The molecule has 0 spiro atoms. The summed E-state index contributed by atoms with van der Waals surface area (Å²) in [5, 5.41) is 14.5. The number of rotatable bonds is 8. The number of aromatic amines is 1. The van der Waals surface area contributed by atoms with Crippen LogP contribution >= 0.6 is 12.2 Å². The van der Waals surface area contributed by atoms with Crippen molar-refractivity contribution in [2.75, 3.05) is 0 Å². The highest BCUT2D eigenvalue weighted by molar-refractivity contribution is 7.71. The fourth-order valence-corrected chi connectivity index (χ4v) is 4.30. The molecule has 0 bridgehead atoms. The first-order valence-corrected chi connectivity index (χ1v) is 12.1. The monoisotopic (exact) mass is 494 g/mol. The maximum Gasteiger partial charge on any atom is 0.240 e. The molecule has 36 heavy (non-hydrogen) atoms. The second-order valence-corrected chi connectivity index (χ2v) is 9.03. The summed E-state index contributed by atoms with van der Waals surface area (Å²) in [6.45, 7) is 3.26. The van der Waals surface area contributed by atoms with Crippen LogP contribution in [0.25, 0.3) is 22.5 Å². The number of benzene rings is 3. The zero-order valence-electron chi connectivity index (χ0n) is 19.9. The van der Waals surface area contributed by atoms with Crippen molar-refractivity contribution < 1.29 is 4.79 Å². The minimum Gasteiger partial charge on any atom is -0.350 e. The second kappa shape index (κ2) is 10.5. The predicted octanol–water partition coefficient (Wildman–Crippen LogP) is 5.14. The molecule has 3 aromatic carbocycles. The Morgan fingerprint density at radius 1 is 0.972 bits per heavy atom. The number of aryl methyl sites for hydroxylation is 1. The van der Waals surface area contributed by atoms with E-state index in [0.29, 0.717) is 17.1 Å². The van der Waals surface area contributed by atoms with Gasteiger partial charge in [0.1, 0.15) is 6.54 Å². The molecule has 2 N–H and O–H groups in total. The molecule has 0 unspecified atom stereocenters. The molecule has 8 heteroatoms. The standard InChI is InChI=1S/C28H26N6OS/c1-20-7-11-23(12-8-20)27-31-32-28(36)34(27)19-26(35)29-17-24-5-2-3-6-25(24)22-13-9-21(10-14-22)18-33-16-4-15-30-33/h2-16H,17-19H2,1H3,(H,29,35)(H,32,36). The van der Waals surface area contributed by atoms with E-state index in [4.69, 9.17) is 12.2 Å². The van der Waals surface area contributed by atoms with Gasteiger partial charge in [0.2, 0.25) is 5.91 Å². The van der Waals surface area contributed by atoms with Crippen molar-refractivity contribution in [1.82, 2.24) is 29.9 Å². The van der Waals surface area contributed by atoms with Crippen LogP contribution < -0.4 is 5.32 Å². The van der Waals surface area contributed by atoms with Crippen LogP contribution in [-0.4, -0.2) is 30.5 Å². The van der Waals surface area contributed by atoms with Gasteiger partial charge in [-0.1, -0.05) is 78.4 Å². The maximum atomic E-state index is 12.9. The van der Waals surface area contributed by atoms with E-state index in [1.54, 1.807) is 10.8 Å². The van der Waals surface area contributed by atoms with Crippen molar-refractivity contribution in [1.29, 1.82) is 0 Å². The Hall–Kier alpha value is -4.30. The van der Waals surface area contributed by atoms with Gasteiger partial charge in [-0.15, -0.1) is 0 Å². The number of amides is 1. The summed E-state index contributed by atoms with van der Waals surface area (Å²) in [6, 6.07) is 26.4. The third-order valence-corrected chi connectivity index (χ3v) is 6.34. The summed E-state index contributed by atoms with van der Waals surface area (Å²) in [4.78, 5) is 12.9. The van der Waals surface area contributed by atoms with Gasteiger partial charge in [-0.2, -0.15) is 10.2 Å². The first kappa shape index (κ1) is 23.4. The van der Waals surface area contributed by atoms with Gasteiger partial charge in [0, 0.05) is 24.5 Å². The Labute approximate surface area is 214 Å². The Kier molecular flexibility index (Phi) is 6.86. The Morgan fingerprint density at radius 3 is 2.47 bits per heavy atom. The molecule has 2 aromatic heterocycles. The molecular weight excluding hydrogens is 468 g/mol. The molecular formula is C28H26N6OS. The second-order valence-electron chi connectivity index (χ2n) is 8.64. The quantitative estimate of drug-likeness (QED) is 0.293. The van der Waals surface area contributed by atoms with Gasteiger partial charge >= 0.3 is 0 Å². The summed E-state index contributed by atoms with van der Waals surface area (Å²) in [6.07, 6.45) is 3.73. The van der Waals surface area contributed by atoms with Gasteiger partial charge in [0.15, 0.2) is 10.6 Å². The van der Waals surface area contributed by atoms with Gasteiger partial charge in [-0.05, 0) is 47.5 Å². The van der Waals surface area contributed by atoms with Crippen LogP contribution in [-0.2, 0) is 24.4 Å². The fourth-order valence-electron chi connectivity index (χ4n) is 4.11. The molecule has 7 nitrogen and oxygen atoms in total. The van der Waals surface area contributed by atoms with Gasteiger partial charge in [0.25, 0.3) is 0 Å². The van der Waals surface area contributed by atoms with Gasteiger partial charge in [-0.3, -0.25) is 19.1 Å². The normalized spacial score (nSPS) is 10.9. The molecule has 5 rings (SSSR count). The summed E-state index contributed by atoms with van der Waals surface area (Å²) in [7, 11) is 0. The van der Waals surface area contributed by atoms with E-state index in [0.717, 1.165) is 34.4 Å². The molecule has 180 valence electrons. The molecule has 0 fully saturated rings.